The third kappa shape index (κ3) is 5.32. The van der Waals surface area contributed by atoms with Crippen LogP contribution >= 0.6 is 0 Å². The fraction of sp³-hybridized carbons (Fsp3) is 0.533. The van der Waals surface area contributed by atoms with E-state index in [4.69, 9.17) is 4.74 Å². The number of morpholine rings is 1. The number of hydrogen-bond acceptors (Lipinski definition) is 4. The van der Waals surface area contributed by atoms with Gasteiger partial charge in [-0.05, 0) is 31.7 Å². The van der Waals surface area contributed by atoms with Crippen molar-refractivity contribution in [1.29, 1.82) is 0 Å². The van der Waals surface area contributed by atoms with Crippen molar-refractivity contribution >= 4 is 11.6 Å². The summed E-state index contributed by atoms with van der Waals surface area (Å²) in [6.07, 6.45) is 0.394. The van der Waals surface area contributed by atoms with Crippen LogP contribution in [0.4, 0.5) is 10.1 Å². The predicted molar refractivity (Wildman–Crippen MR) is 79.8 cm³/mol. The van der Waals surface area contributed by atoms with Gasteiger partial charge in [0.05, 0.1) is 6.61 Å². The van der Waals surface area contributed by atoms with Crippen LogP contribution in [0.1, 0.15) is 6.42 Å². The molecule has 1 aliphatic heterocycles. The lowest BCUT2D eigenvalue weighted by Gasteiger charge is -2.29. The van der Waals surface area contributed by atoms with Crippen LogP contribution in [0, 0.1) is 5.82 Å². The van der Waals surface area contributed by atoms with Crippen LogP contribution in [0.25, 0.3) is 0 Å². The van der Waals surface area contributed by atoms with Gasteiger partial charge in [0.15, 0.2) is 0 Å². The molecule has 2 rings (SSSR count). The van der Waals surface area contributed by atoms with Crippen molar-refractivity contribution < 1.29 is 13.9 Å². The molecule has 1 atom stereocenters. The second-order valence-corrected chi connectivity index (χ2v) is 5.20. The molecule has 0 radical (unpaired) electrons. The van der Waals surface area contributed by atoms with Crippen LogP contribution in [0.15, 0.2) is 24.3 Å². The monoisotopic (exact) mass is 295 g/mol. The smallest absolute Gasteiger partial charge is 0.250 e. The Morgan fingerprint density at radius 3 is 3.10 bits per heavy atom. The minimum atomic E-state index is -0.375. The maximum atomic E-state index is 13.0. The van der Waals surface area contributed by atoms with E-state index in [0.717, 1.165) is 18.7 Å². The first-order chi connectivity index (χ1) is 10.1. The van der Waals surface area contributed by atoms with Crippen molar-refractivity contribution in [1.82, 2.24) is 10.2 Å². The highest BCUT2D eigenvalue weighted by molar-refractivity contribution is 5.81. The van der Waals surface area contributed by atoms with Crippen LogP contribution in [0.3, 0.4) is 0 Å². The zero-order valence-electron chi connectivity index (χ0n) is 12.3. The zero-order chi connectivity index (χ0) is 15.1. The van der Waals surface area contributed by atoms with E-state index in [1.54, 1.807) is 6.07 Å². The van der Waals surface area contributed by atoms with E-state index in [2.05, 4.69) is 15.5 Å². The molecule has 0 saturated carbocycles. The van der Waals surface area contributed by atoms with Crippen LogP contribution in [-0.2, 0) is 9.53 Å². The number of amides is 1. The quantitative estimate of drug-likeness (QED) is 0.771. The average Bonchev–Trinajstić information content (AvgIpc) is 2.47. The van der Waals surface area contributed by atoms with Crippen molar-refractivity contribution in [3.63, 3.8) is 0 Å². The number of carbonyl (C=O) groups excluding carboxylic acids is 1. The van der Waals surface area contributed by atoms with Gasteiger partial charge in [-0.2, -0.15) is 0 Å². The number of anilines is 1. The van der Waals surface area contributed by atoms with Gasteiger partial charge >= 0.3 is 0 Å². The fourth-order valence-electron chi connectivity index (χ4n) is 2.18. The van der Waals surface area contributed by atoms with E-state index < -0.39 is 0 Å². The summed E-state index contributed by atoms with van der Waals surface area (Å²) in [5.41, 5.74) is 0.749. The molecular formula is C15H22FN3O2. The van der Waals surface area contributed by atoms with Gasteiger partial charge in [0.25, 0.3) is 0 Å². The maximum Gasteiger partial charge on any atom is 0.250 e. The Morgan fingerprint density at radius 2 is 2.33 bits per heavy atom. The summed E-state index contributed by atoms with van der Waals surface area (Å²) in [4.78, 5) is 14.0. The molecule has 0 bridgehead atoms. The Morgan fingerprint density at radius 1 is 1.48 bits per heavy atom. The molecule has 5 nitrogen and oxygen atoms in total. The second kappa shape index (κ2) is 7.95. The van der Waals surface area contributed by atoms with E-state index in [-0.39, 0.29) is 17.8 Å². The van der Waals surface area contributed by atoms with Crippen molar-refractivity contribution in [3.05, 3.63) is 30.1 Å². The SMILES string of the molecule is CN1CCOC(C(=O)NCCCNc2cccc(F)c2)C1. The number of nitrogens with zero attached hydrogens (tertiary/aromatic N) is 1. The molecule has 1 aliphatic rings. The summed E-state index contributed by atoms with van der Waals surface area (Å²) in [6.45, 7) is 3.34. The average molecular weight is 295 g/mol. The molecule has 1 fully saturated rings. The molecule has 0 spiro atoms. The van der Waals surface area contributed by atoms with Crippen LogP contribution < -0.4 is 10.6 Å². The van der Waals surface area contributed by atoms with Crippen molar-refractivity contribution in [2.24, 2.45) is 0 Å². The van der Waals surface area contributed by atoms with Crippen LogP contribution in [0.5, 0.6) is 0 Å². The molecule has 116 valence electrons. The molecule has 2 N–H and O–H groups in total. The molecule has 6 heteroatoms. The van der Waals surface area contributed by atoms with E-state index in [0.29, 0.717) is 26.2 Å². The van der Waals surface area contributed by atoms with Gasteiger partial charge in [-0.1, -0.05) is 6.07 Å². The number of likely N-dealkylation sites (N-methyl/N-ethyl adjacent to an activating group) is 1. The van der Waals surface area contributed by atoms with Gasteiger partial charge in [0, 0.05) is 31.9 Å². The van der Waals surface area contributed by atoms with E-state index in [1.165, 1.54) is 12.1 Å². The van der Waals surface area contributed by atoms with E-state index >= 15 is 0 Å². The molecule has 1 aromatic rings. The van der Waals surface area contributed by atoms with Crippen LogP contribution in [-0.4, -0.2) is 56.7 Å². The van der Waals surface area contributed by atoms with E-state index in [1.807, 2.05) is 13.1 Å². The first kappa shape index (κ1) is 15.7. The van der Waals surface area contributed by atoms with Gasteiger partial charge in [0.2, 0.25) is 5.91 Å². The van der Waals surface area contributed by atoms with Gasteiger partial charge in [-0.3, -0.25) is 4.79 Å². The fourth-order valence-corrected chi connectivity index (χ4v) is 2.18. The molecule has 0 aliphatic carbocycles. The Kier molecular flexibility index (Phi) is 5.95. The Hall–Kier alpha value is -1.66. The molecule has 1 unspecified atom stereocenters. The van der Waals surface area contributed by atoms with Crippen LogP contribution in [0.2, 0.25) is 0 Å². The number of benzene rings is 1. The topological polar surface area (TPSA) is 53.6 Å². The number of rotatable bonds is 6. The highest BCUT2D eigenvalue weighted by Gasteiger charge is 2.24. The lowest BCUT2D eigenvalue weighted by molar-refractivity contribution is -0.137. The van der Waals surface area contributed by atoms with Crippen molar-refractivity contribution in [2.75, 3.05) is 45.2 Å². The summed E-state index contributed by atoms with van der Waals surface area (Å²) >= 11 is 0. The molecule has 1 saturated heterocycles. The number of halogens is 1. The molecule has 21 heavy (non-hydrogen) atoms. The second-order valence-electron chi connectivity index (χ2n) is 5.20. The summed E-state index contributed by atoms with van der Waals surface area (Å²) in [6, 6.07) is 6.33. The summed E-state index contributed by atoms with van der Waals surface area (Å²) in [5, 5.41) is 5.98. The molecule has 1 heterocycles. The molecule has 0 aromatic heterocycles. The standard InChI is InChI=1S/C15H22FN3O2/c1-19-8-9-21-14(11-19)15(20)18-7-3-6-17-13-5-2-4-12(16)10-13/h2,4-5,10,14,17H,3,6-9,11H2,1H3,(H,18,20). The first-order valence-corrected chi connectivity index (χ1v) is 7.22. The summed E-state index contributed by atoms with van der Waals surface area (Å²) < 4.78 is 18.4. The minimum absolute atomic E-state index is 0.0627. The molecular weight excluding hydrogens is 273 g/mol. The normalized spacial score (nSPS) is 19.2. The van der Waals surface area contributed by atoms with Gasteiger partial charge in [-0.25, -0.2) is 4.39 Å². The number of nitrogens with one attached hydrogen (secondary N) is 2. The summed E-state index contributed by atoms with van der Waals surface area (Å²) in [5.74, 6) is -0.320. The predicted octanol–water partition coefficient (Wildman–Crippen LogP) is 1.07. The van der Waals surface area contributed by atoms with Gasteiger partial charge in [-0.15, -0.1) is 0 Å². The number of ether oxygens (including phenoxy) is 1. The van der Waals surface area contributed by atoms with Crippen molar-refractivity contribution in [3.8, 4) is 0 Å². The third-order valence-corrected chi connectivity index (χ3v) is 3.37. The van der Waals surface area contributed by atoms with Crippen molar-refractivity contribution in [2.45, 2.75) is 12.5 Å². The highest BCUT2D eigenvalue weighted by Crippen LogP contribution is 2.08. The highest BCUT2D eigenvalue weighted by atomic mass is 19.1. The third-order valence-electron chi connectivity index (χ3n) is 3.37. The number of carbonyl (C=O) groups is 1. The zero-order valence-corrected chi connectivity index (χ0v) is 12.3. The lowest BCUT2D eigenvalue weighted by atomic mass is 10.2. The Labute approximate surface area is 124 Å². The van der Waals surface area contributed by atoms with Gasteiger partial charge in [0.1, 0.15) is 11.9 Å². The van der Waals surface area contributed by atoms with Gasteiger partial charge < -0.3 is 20.3 Å². The largest absolute Gasteiger partial charge is 0.385 e. The molecule has 1 amide bonds. The Balaban J connectivity index is 1.60. The molecule has 1 aromatic carbocycles. The lowest BCUT2D eigenvalue weighted by Crippen LogP contribution is -2.48. The summed E-state index contributed by atoms with van der Waals surface area (Å²) in [7, 11) is 1.98. The minimum Gasteiger partial charge on any atom is -0.385 e. The Bertz CT molecular complexity index is 470. The first-order valence-electron chi connectivity index (χ1n) is 7.22. The van der Waals surface area contributed by atoms with E-state index in [9.17, 15) is 9.18 Å². The maximum absolute atomic E-state index is 13.0. The number of hydrogen-bond donors (Lipinski definition) is 2.